The van der Waals surface area contributed by atoms with Crippen molar-refractivity contribution in [3.05, 3.63) is 72.3 Å². The van der Waals surface area contributed by atoms with Gasteiger partial charge in [0.05, 0.1) is 11.8 Å². The number of allylic oxidation sites excluding steroid dienone is 2. The van der Waals surface area contributed by atoms with Crippen LogP contribution in [0.4, 0.5) is 0 Å². The minimum atomic E-state index is -0.777. The Labute approximate surface area is 190 Å². The van der Waals surface area contributed by atoms with Crippen LogP contribution in [0.5, 0.6) is 11.5 Å². The van der Waals surface area contributed by atoms with Crippen molar-refractivity contribution >= 4 is 23.8 Å². The van der Waals surface area contributed by atoms with Gasteiger partial charge in [-0.05, 0) is 54.4 Å². The van der Waals surface area contributed by atoms with Crippen LogP contribution in [0.1, 0.15) is 16.8 Å². The third-order valence-electron chi connectivity index (χ3n) is 7.33. The van der Waals surface area contributed by atoms with E-state index in [9.17, 15) is 19.2 Å². The summed E-state index contributed by atoms with van der Waals surface area (Å²) in [6, 6.07) is 14.8. The summed E-state index contributed by atoms with van der Waals surface area (Å²) < 4.78 is 10.8. The third kappa shape index (κ3) is 3.18. The standard InChI is InChI=1S/C26H21NO6/c28-21(33-20-9-5-4-8-17(20)26(31)32-14-6-2-1-3-7-14)13-27-24(29)22-15-10-11-16(19-12-18(15)19)23(22)25(27)30/h1-11,15-16,18-19,22-23H,12-13H2/t15-,16-,18-,19+,22+,23+/m0/s1. The van der Waals surface area contributed by atoms with Crippen LogP contribution in [0, 0.1) is 35.5 Å². The Kier molecular flexibility index (Phi) is 4.47. The van der Waals surface area contributed by atoms with Gasteiger partial charge in [-0.2, -0.15) is 0 Å². The molecule has 5 aliphatic rings. The summed E-state index contributed by atoms with van der Waals surface area (Å²) in [7, 11) is 0. The molecule has 3 fully saturated rings. The van der Waals surface area contributed by atoms with Crippen LogP contribution >= 0.6 is 0 Å². The molecule has 0 unspecified atom stereocenters. The van der Waals surface area contributed by atoms with E-state index in [1.54, 1.807) is 42.5 Å². The smallest absolute Gasteiger partial charge is 0.347 e. The number of esters is 2. The van der Waals surface area contributed by atoms with Crippen molar-refractivity contribution in [1.82, 2.24) is 4.90 Å². The molecule has 2 bridgehead atoms. The second-order valence-corrected chi connectivity index (χ2v) is 9.09. The van der Waals surface area contributed by atoms with Crippen LogP contribution in [0.25, 0.3) is 0 Å². The Morgan fingerprint density at radius 2 is 1.42 bits per heavy atom. The molecular formula is C26H21NO6. The van der Waals surface area contributed by atoms with E-state index < -0.39 is 18.5 Å². The third-order valence-corrected chi connectivity index (χ3v) is 7.33. The fourth-order valence-electron chi connectivity index (χ4n) is 5.83. The largest absolute Gasteiger partial charge is 0.424 e. The van der Waals surface area contributed by atoms with E-state index in [0.29, 0.717) is 17.6 Å². The van der Waals surface area contributed by atoms with E-state index in [2.05, 4.69) is 12.2 Å². The molecule has 0 spiro atoms. The van der Waals surface area contributed by atoms with Crippen molar-refractivity contribution in [3.8, 4) is 11.5 Å². The molecule has 33 heavy (non-hydrogen) atoms. The number of amides is 2. The molecule has 0 radical (unpaired) electrons. The molecule has 0 aromatic heterocycles. The summed E-state index contributed by atoms with van der Waals surface area (Å²) in [5, 5.41) is 0. The molecule has 2 aromatic rings. The maximum absolute atomic E-state index is 13.1. The number of carbonyl (C=O) groups is 4. The minimum Gasteiger partial charge on any atom is -0.424 e. The SMILES string of the molecule is O=C(CN1C(=O)[C@@H]2[C@H]3C=C[C@@H]([C@@H]4C[C@H]34)[C@H]2C1=O)Oc1ccccc1C(=O)Oc1ccccc1. The number of rotatable bonds is 5. The zero-order chi connectivity index (χ0) is 22.7. The van der Waals surface area contributed by atoms with Gasteiger partial charge in [0.1, 0.15) is 23.6 Å². The number of imide groups is 1. The summed E-state index contributed by atoms with van der Waals surface area (Å²) in [6.07, 6.45) is 5.25. The van der Waals surface area contributed by atoms with Crippen molar-refractivity contribution < 1.29 is 28.7 Å². The molecule has 2 aromatic carbocycles. The first-order chi connectivity index (χ1) is 16.0. The van der Waals surface area contributed by atoms with Gasteiger partial charge < -0.3 is 9.47 Å². The van der Waals surface area contributed by atoms with Crippen LogP contribution in [0.15, 0.2) is 66.7 Å². The molecule has 2 saturated carbocycles. The number of para-hydroxylation sites is 2. The highest BCUT2D eigenvalue weighted by atomic mass is 16.6. The van der Waals surface area contributed by atoms with Crippen molar-refractivity contribution in [3.63, 3.8) is 0 Å². The molecular weight excluding hydrogens is 422 g/mol. The predicted molar refractivity (Wildman–Crippen MR) is 115 cm³/mol. The first-order valence-electron chi connectivity index (χ1n) is 11.1. The average Bonchev–Trinajstić information content (AvgIpc) is 3.61. The zero-order valence-corrected chi connectivity index (χ0v) is 17.6. The number of ether oxygens (including phenoxy) is 2. The van der Waals surface area contributed by atoms with E-state index in [4.69, 9.17) is 9.47 Å². The maximum atomic E-state index is 13.1. The van der Waals surface area contributed by atoms with Crippen LogP contribution in [0.3, 0.4) is 0 Å². The van der Waals surface area contributed by atoms with Gasteiger partial charge in [-0.3, -0.25) is 14.5 Å². The van der Waals surface area contributed by atoms with Gasteiger partial charge in [0, 0.05) is 0 Å². The number of carbonyl (C=O) groups excluding carboxylic acids is 4. The first kappa shape index (κ1) is 19.9. The summed E-state index contributed by atoms with van der Waals surface area (Å²) >= 11 is 0. The molecule has 1 saturated heterocycles. The first-order valence-corrected chi connectivity index (χ1v) is 11.1. The van der Waals surface area contributed by atoms with Gasteiger partial charge in [0.25, 0.3) is 0 Å². The highest BCUT2D eigenvalue weighted by Crippen LogP contribution is 2.65. The number of hydrogen-bond acceptors (Lipinski definition) is 6. The molecule has 0 N–H and O–H groups in total. The summed E-state index contributed by atoms with van der Waals surface area (Å²) in [5.74, 6) is -1.21. The average molecular weight is 443 g/mol. The van der Waals surface area contributed by atoms with Gasteiger partial charge in [0.2, 0.25) is 11.8 Å². The normalized spacial score (nSPS) is 30.6. The van der Waals surface area contributed by atoms with Gasteiger partial charge in [0.15, 0.2) is 0 Å². The molecule has 1 heterocycles. The molecule has 7 heteroatoms. The minimum absolute atomic E-state index is 0.0166. The number of hydrogen-bond donors (Lipinski definition) is 0. The number of likely N-dealkylation sites (tertiary alicyclic amines) is 1. The summed E-state index contributed by atoms with van der Waals surface area (Å²) in [6.45, 7) is -0.471. The Bertz CT molecular complexity index is 1170. The quantitative estimate of drug-likeness (QED) is 0.306. The number of benzene rings is 2. The highest BCUT2D eigenvalue weighted by Gasteiger charge is 2.67. The Hall–Kier alpha value is -3.74. The van der Waals surface area contributed by atoms with Crippen molar-refractivity contribution in [2.75, 3.05) is 6.54 Å². The molecule has 166 valence electrons. The zero-order valence-electron chi connectivity index (χ0n) is 17.6. The van der Waals surface area contributed by atoms with Gasteiger partial charge in [-0.25, -0.2) is 9.59 Å². The van der Waals surface area contributed by atoms with Crippen molar-refractivity contribution in [2.24, 2.45) is 35.5 Å². The molecule has 4 aliphatic carbocycles. The van der Waals surface area contributed by atoms with Crippen LogP contribution in [0.2, 0.25) is 0 Å². The molecule has 2 amide bonds. The predicted octanol–water partition coefficient (Wildman–Crippen LogP) is 2.86. The van der Waals surface area contributed by atoms with E-state index in [0.717, 1.165) is 11.3 Å². The second-order valence-electron chi connectivity index (χ2n) is 9.09. The molecule has 7 nitrogen and oxygen atoms in total. The monoisotopic (exact) mass is 443 g/mol. The van der Waals surface area contributed by atoms with Crippen molar-refractivity contribution in [1.29, 1.82) is 0 Å². The van der Waals surface area contributed by atoms with E-state index >= 15 is 0 Å². The van der Waals surface area contributed by atoms with E-state index in [1.165, 1.54) is 12.1 Å². The molecule has 1 aliphatic heterocycles. The van der Waals surface area contributed by atoms with Crippen LogP contribution in [-0.2, 0) is 14.4 Å². The summed E-state index contributed by atoms with van der Waals surface area (Å²) in [4.78, 5) is 52.5. The lowest BCUT2D eigenvalue weighted by Crippen LogP contribution is -2.40. The fourth-order valence-corrected chi connectivity index (χ4v) is 5.83. The summed E-state index contributed by atoms with van der Waals surface area (Å²) in [5.41, 5.74) is 0.0739. The van der Waals surface area contributed by atoms with Gasteiger partial charge >= 0.3 is 11.9 Å². The van der Waals surface area contributed by atoms with E-state index in [-0.39, 0.29) is 46.8 Å². The van der Waals surface area contributed by atoms with Crippen molar-refractivity contribution in [2.45, 2.75) is 6.42 Å². The van der Waals surface area contributed by atoms with Gasteiger partial charge in [-0.15, -0.1) is 0 Å². The molecule has 7 rings (SSSR count). The lowest BCUT2D eigenvalue weighted by Gasteiger charge is -2.37. The maximum Gasteiger partial charge on any atom is 0.347 e. The molecule has 6 atom stereocenters. The fraction of sp³-hybridized carbons (Fsp3) is 0.308. The van der Waals surface area contributed by atoms with Crippen LogP contribution in [-0.4, -0.2) is 35.2 Å². The van der Waals surface area contributed by atoms with E-state index in [1.807, 2.05) is 0 Å². The van der Waals surface area contributed by atoms with Crippen LogP contribution < -0.4 is 9.47 Å². The lowest BCUT2D eigenvalue weighted by atomic mass is 9.63. The topological polar surface area (TPSA) is 90.0 Å². The Morgan fingerprint density at radius 3 is 2.09 bits per heavy atom. The second kappa shape index (κ2) is 7.40. The lowest BCUT2D eigenvalue weighted by molar-refractivity contribution is -0.148. The Morgan fingerprint density at radius 1 is 0.818 bits per heavy atom. The number of nitrogens with zero attached hydrogens (tertiary/aromatic N) is 1. The van der Waals surface area contributed by atoms with Gasteiger partial charge in [-0.1, -0.05) is 42.5 Å². The highest BCUT2D eigenvalue weighted by molar-refractivity contribution is 6.08. The Balaban J connectivity index is 1.16.